The van der Waals surface area contributed by atoms with Gasteiger partial charge in [0.05, 0.1) is 0 Å². The number of hydrogen-bond donors (Lipinski definition) is 4. The largest absolute Gasteiger partial charge is 0.466 e. The van der Waals surface area contributed by atoms with Gasteiger partial charge in [-0.1, -0.05) is 24.3 Å². The molecule has 0 spiro atoms. The number of phosphoric acid groups is 1. The standard InChI is InChI=1S/C10H15N.H3O4P/c1-8-6-4-5-7-9(8)10(2,3)11;1-5(2,3)4/h4-7H,11H2,1-3H3;(H3,1,2,3,4). The van der Waals surface area contributed by atoms with Crippen LogP contribution in [0.4, 0.5) is 0 Å². The van der Waals surface area contributed by atoms with Crippen LogP contribution in [0.1, 0.15) is 25.0 Å². The van der Waals surface area contributed by atoms with E-state index < -0.39 is 7.82 Å². The maximum absolute atomic E-state index is 8.88. The maximum Gasteiger partial charge on any atom is 0.466 e. The molecule has 6 heteroatoms. The average molecular weight is 247 g/mol. The fourth-order valence-corrected chi connectivity index (χ4v) is 1.30. The predicted octanol–water partition coefficient (Wildman–Crippen LogP) is 1.26. The highest BCUT2D eigenvalue weighted by atomic mass is 31.2. The Morgan fingerprint density at radius 3 is 1.81 bits per heavy atom. The topological polar surface area (TPSA) is 104 Å². The molecule has 0 unspecified atom stereocenters. The lowest BCUT2D eigenvalue weighted by Crippen LogP contribution is -2.29. The van der Waals surface area contributed by atoms with Gasteiger partial charge >= 0.3 is 7.82 Å². The van der Waals surface area contributed by atoms with E-state index in [2.05, 4.69) is 19.1 Å². The SMILES string of the molecule is Cc1ccccc1C(C)(C)N.O=P(O)(O)O. The molecule has 0 amide bonds. The molecule has 0 aliphatic rings. The van der Waals surface area contributed by atoms with Crippen LogP contribution in [0.25, 0.3) is 0 Å². The van der Waals surface area contributed by atoms with E-state index in [0.29, 0.717) is 0 Å². The Balaban J connectivity index is 0.000000385. The average Bonchev–Trinajstić information content (AvgIpc) is 1.99. The second-order valence-electron chi connectivity index (χ2n) is 4.05. The van der Waals surface area contributed by atoms with Crippen molar-refractivity contribution in [3.63, 3.8) is 0 Å². The normalized spacial score (nSPS) is 11.7. The number of benzene rings is 1. The Morgan fingerprint density at radius 2 is 1.56 bits per heavy atom. The quantitative estimate of drug-likeness (QED) is 0.559. The first kappa shape index (κ1) is 15.3. The van der Waals surface area contributed by atoms with E-state index in [9.17, 15) is 0 Å². The summed E-state index contributed by atoms with van der Waals surface area (Å²) in [6.45, 7) is 6.13. The van der Waals surface area contributed by atoms with Crippen molar-refractivity contribution in [3.8, 4) is 0 Å². The van der Waals surface area contributed by atoms with E-state index in [1.807, 2.05) is 26.0 Å². The zero-order chi connectivity index (χ0) is 13.0. The van der Waals surface area contributed by atoms with Crippen LogP contribution in [0.15, 0.2) is 24.3 Å². The minimum absolute atomic E-state index is 0.217. The van der Waals surface area contributed by atoms with Crippen molar-refractivity contribution in [2.45, 2.75) is 26.3 Å². The second-order valence-corrected chi connectivity index (χ2v) is 5.08. The highest BCUT2D eigenvalue weighted by Crippen LogP contribution is 2.25. The van der Waals surface area contributed by atoms with E-state index >= 15 is 0 Å². The molecule has 92 valence electrons. The Hall–Kier alpha value is -0.710. The third-order valence-corrected chi connectivity index (χ3v) is 1.84. The molecular formula is C10H18NO4P. The highest BCUT2D eigenvalue weighted by molar-refractivity contribution is 7.45. The van der Waals surface area contributed by atoms with Crippen LogP contribution in [-0.2, 0) is 10.1 Å². The molecule has 0 heterocycles. The van der Waals surface area contributed by atoms with Gasteiger partial charge in [0.2, 0.25) is 0 Å². The lowest BCUT2D eigenvalue weighted by atomic mass is 9.92. The van der Waals surface area contributed by atoms with Gasteiger partial charge in [0.25, 0.3) is 0 Å². The van der Waals surface area contributed by atoms with Crippen molar-refractivity contribution in [1.29, 1.82) is 0 Å². The van der Waals surface area contributed by atoms with E-state index in [0.717, 1.165) is 0 Å². The van der Waals surface area contributed by atoms with Gasteiger partial charge < -0.3 is 20.4 Å². The minimum atomic E-state index is -4.64. The fourth-order valence-electron chi connectivity index (χ4n) is 1.30. The van der Waals surface area contributed by atoms with Crippen molar-refractivity contribution in [3.05, 3.63) is 35.4 Å². The van der Waals surface area contributed by atoms with Gasteiger partial charge in [0, 0.05) is 5.54 Å². The summed E-state index contributed by atoms with van der Waals surface area (Å²) in [5.74, 6) is 0. The monoisotopic (exact) mass is 247 g/mol. The van der Waals surface area contributed by atoms with Crippen LogP contribution >= 0.6 is 7.82 Å². The molecule has 0 saturated heterocycles. The lowest BCUT2D eigenvalue weighted by molar-refractivity contribution is 0.275. The summed E-state index contributed by atoms with van der Waals surface area (Å²) >= 11 is 0. The van der Waals surface area contributed by atoms with Crippen LogP contribution in [0, 0.1) is 6.92 Å². The Labute approximate surface area is 95.2 Å². The van der Waals surface area contributed by atoms with Gasteiger partial charge in [-0.15, -0.1) is 0 Å². The summed E-state index contributed by atoms with van der Waals surface area (Å²) in [6, 6.07) is 8.22. The first-order valence-electron chi connectivity index (χ1n) is 4.65. The minimum Gasteiger partial charge on any atom is -0.322 e. The second kappa shape index (κ2) is 5.57. The zero-order valence-electron chi connectivity index (χ0n) is 9.58. The van der Waals surface area contributed by atoms with Gasteiger partial charge in [-0.2, -0.15) is 0 Å². The molecule has 1 aromatic rings. The lowest BCUT2D eigenvalue weighted by Gasteiger charge is -2.21. The molecule has 0 bridgehead atoms. The molecule has 16 heavy (non-hydrogen) atoms. The molecule has 0 aliphatic heterocycles. The molecule has 0 aliphatic carbocycles. The summed E-state index contributed by atoms with van der Waals surface area (Å²) in [6.07, 6.45) is 0. The Kier molecular flexibility index (Phi) is 5.32. The molecule has 0 saturated carbocycles. The number of hydrogen-bond acceptors (Lipinski definition) is 2. The summed E-state index contributed by atoms with van der Waals surface area (Å²) < 4.78 is 8.88. The molecular weight excluding hydrogens is 229 g/mol. The third-order valence-electron chi connectivity index (χ3n) is 1.84. The molecule has 5 N–H and O–H groups in total. The van der Waals surface area contributed by atoms with Crippen LogP contribution in [-0.4, -0.2) is 14.7 Å². The van der Waals surface area contributed by atoms with Crippen molar-refractivity contribution >= 4 is 7.82 Å². The third kappa shape index (κ3) is 7.56. The predicted molar refractivity (Wildman–Crippen MR) is 62.7 cm³/mol. The first-order valence-corrected chi connectivity index (χ1v) is 6.21. The number of aryl methyl sites for hydroxylation is 1. The first-order chi connectivity index (χ1) is 7.02. The fraction of sp³-hybridized carbons (Fsp3) is 0.400. The van der Waals surface area contributed by atoms with Crippen LogP contribution in [0.3, 0.4) is 0 Å². The van der Waals surface area contributed by atoms with E-state index in [4.69, 9.17) is 25.0 Å². The van der Waals surface area contributed by atoms with E-state index in [-0.39, 0.29) is 5.54 Å². The summed E-state index contributed by atoms with van der Waals surface area (Å²) in [5.41, 5.74) is 8.23. The Bertz CT molecular complexity index is 372. The van der Waals surface area contributed by atoms with Crippen LogP contribution < -0.4 is 5.73 Å². The molecule has 1 aromatic carbocycles. The van der Waals surface area contributed by atoms with Crippen LogP contribution in [0.2, 0.25) is 0 Å². The van der Waals surface area contributed by atoms with Crippen molar-refractivity contribution in [2.24, 2.45) is 5.73 Å². The molecule has 0 aromatic heterocycles. The maximum atomic E-state index is 8.88. The zero-order valence-corrected chi connectivity index (χ0v) is 10.5. The number of rotatable bonds is 1. The molecule has 5 nitrogen and oxygen atoms in total. The van der Waals surface area contributed by atoms with Gasteiger partial charge in [0.15, 0.2) is 0 Å². The van der Waals surface area contributed by atoms with Gasteiger partial charge in [-0.3, -0.25) is 0 Å². The van der Waals surface area contributed by atoms with E-state index in [1.54, 1.807) is 0 Å². The van der Waals surface area contributed by atoms with Crippen molar-refractivity contribution < 1.29 is 19.2 Å². The summed E-state index contributed by atoms with van der Waals surface area (Å²) in [4.78, 5) is 21.6. The molecule has 1 rings (SSSR count). The number of nitrogens with two attached hydrogens (primary N) is 1. The summed E-state index contributed by atoms with van der Waals surface area (Å²) in [7, 11) is -4.64. The van der Waals surface area contributed by atoms with E-state index in [1.165, 1.54) is 11.1 Å². The molecule has 0 atom stereocenters. The Morgan fingerprint density at radius 1 is 1.19 bits per heavy atom. The van der Waals surface area contributed by atoms with Gasteiger partial charge in [-0.25, -0.2) is 4.57 Å². The van der Waals surface area contributed by atoms with Crippen molar-refractivity contribution in [1.82, 2.24) is 0 Å². The summed E-state index contributed by atoms with van der Waals surface area (Å²) in [5, 5.41) is 0. The van der Waals surface area contributed by atoms with Gasteiger partial charge in [0.1, 0.15) is 0 Å². The smallest absolute Gasteiger partial charge is 0.322 e. The highest BCUT2D eigenvalue weighted by Gasteiger charge is 2.14. The molecule has 0 radical (unpaired) electrons. The van der Waals surface area contributed by atoms with Crippen molar-refractivity contribution in [2.75, 3.05) is 0 Å². The van der Waals surface area contributed by atoms with Crippen LogP contribution in [0.5, 0.6) is 0 Å². The molecule has 0 fully saturated rings. The van der Waals surface area contributed by atoms with Gasteiger partial charge in [-0.05, 0) is 31.9 Å².